The van der Waals surface area contributed by atoms with Gasteiger partial charge in [-0.25, -0.2) is 9.83 Å². The second kappa shape index (κ2) is 6.14. The number of nitrogens with one attached hydrogen (secondary N) is 1. The highest BCUT2D eigenvalue weighted by Gasteiger charge is 2.10. The quantitative estimate of drug-likeness (QED) is 0.803. The van der Waals surface area contributed by atoms with Crippen molar-refractivity contribution in [2.24, 2.45) is 5.73 Å². The number of benzene rings is 1. The minimum Gasteiger partial charge on any atom is -0.347 e. The van der Waals surface area contributed by atoms with Crippen molar-refractivity contribution >= 4 is 5.69 Å². The van der Waals surface area contributed by atoms with Crippen LogP contribution in [0.4, 0.5) is 5.69 Å². The predicted molar refractivity (Wildman–Crippen MR) is 75.7 cm³/mol. The first kappa shape index (κ1) is 13.3. The highest BCUT2D eigenvalue weighted by atomic mass is 15.1. The fourth-order valence-corrected chi connectivity index (χ4v) is 1.95. The molecule has 0 saturated heterocycles. The van der Waals surface area contributed by atoms with Gasteiger partial charge >= 0.3 is 0 Å². The van der Waals surface area contributed by atoms with Gasteiger partial charge in [-0.2, -0.15) is 0 Å². The Morgan fingerprint density at radius 2 is 2.11 bits per heavy atom. The Labute approximate surface area is 112 Å². The lowest BCUT2D eigenvalue weighted by Crippen LogP contribution is -2.25. The molecule has 0 aliphatic heterocycles. The number of nitrogens with zero attached hydrogens (tertiary/aromatic N) is 3. The molecule has 1 aromatic heterocycles. The van der Waals surface area contributed by atoms with E-state index in [1.54, 1.807) is 6.33 Å². The van der Waals surface area contributed by atoms with Gasteiger partial charge in [-0.05, 0) is 12.6 Å². The fourth-order valence-electron chi connectivity index (χ4n) is 1.95. The Balaban J connectivity index is 2.21. The summed E-state index contributed by atoms with van der Waals surface area (Å²) < 4.78 is 0. The number of rotatable bonds is 5. The van der Waals surface area contributed by atoms with Gasteiger partial charge in [0.1, 0.15) is 0 Å². The van der Waals surface area contributed by atoms with Crippen LogP contribution in [0.25, 0.3) is 16.1 Å². The molecule has 0 fully saturated rings. The molecule has 3 N–H and O–H groups in total. The molecule has 0 radical (unpaired) electrons. The van der Waals surface area contributed by atoms with Crippen molar-refractivity contribution in [3.8, 4) is 11.3 Å². The molecule has 0 amide bonds. The summed E-state index contributed by atoms with van der Waals surface area (Å²) in [6, 6.07) is 7.47. The number of aromatic amines is 1. The molecule has 0 aliphatic carbocycles. The summed E-state index contributed by atoms with van der Waals surface area (Å²) in [6.07, 6.45) is 1.70. The average molecular weight is 255 g/mol. The maximum Gasteiger partial charge on any atom is 0.187 e. The van der Waals surface area contributed by atoms with Crippen molar-refractivity contribution in [3.05, 3.63) is 47.7 Å². The molecule has 0 saturated carbocycles. The lowest BCUT2D eigenvalue weighted by molar-refractivity contribution is 0.333. The van der Waals surface area contributed by atoms with E-state index in [2.05, 4.69) is 19.7 Å². The molecule has 98 valence electrons. The maximum atomic E-state index is 6.95. The number of aromatic nitrogens is 2. The van der Waals surface area contributed by atoms with Gasteiger partial charge < -0.3 is 10.7 Å². The predicted octanol–water partition coefficient (Wildman–Crippen LogP) is 2.02. The normalized spacial score (nSPS) is 10.6. The lowest BCUT2D eigenvalue weighted by Gasteiger charge is -2.15. The molecule has 0 spiro atoms. The van der Waals surface area contributed by atoms with Gasteiger partial charge in [0, 0.05) is 19.6 Å². The average Bonchev–Trinajstić information content (AvgIpc) is 2.87. The van der Waals surface area contributed by atoms with Crippen LogP contribution in [0.2, 0.25) is 0 Å². The third-order valence-electron chi connectivity index (χ3n) is 2.93. The Morgan fingerprint density at radius 1 is 1.37 bits per heavy atom. The second-order valence-corrected chi connectivity index (χ2v) is 4.41. The van der Waals surface area contributed by atoms with Gasteiger partial charge in [-0.15, -0.1) is 0 Å². The summed E-state index contributed by atoms with van der Waals surface area (Å²) in [5.41, 5.74) is 9.19. The van der Waals surface area contributed by atoms with Crippen molar-refractivity contribution in [3.63, 3.8) is 0 Å². The third kappa shape index (κ3) is 3.19. The molecule has 5 nitrogen and oxygen atoms in total. The molecule has 1 aromatic carbocycles. The number of H-pyrrole nitrogens is 1. The number of likely N-dealkylation sites (N-methyl/N-ethyl adjacent to an activating group) is 1. The van der Waals surface area contributed by atoms with Gasteiger partial charge in [-0.3, -0.25) is 4.90 Å². The number of nitrogens with two attached hydrogens (primary N) is 1. The fraction of sp³-hybridized carbons (Fsp3) is 0.286. The lowest BCUT2D eigenvalue weighted by atomic mass is 10.1. The smallest absolute Gasteiger partial charge is 0.187 e. The molecule has 1 heterocycles. The SMILES string of the molecule is [C-]#[N+]c1ccc(-c2nc[nH]c2CN(C)CCN)cc1. The van der Waals surface area contributed by atoms with Crippen molar-refractivity contribution in [2.75, 3.05) is 20.1 Å². The second-order valence-electron chi connectivity index (χ2n) is 4.41. The summed E-state index contributed by atoms with van der Waals surface area (Å²) in [5.74, 6) is 0. The molecule has 0 unspecified atom stereocenters. The van der Waals surface area contributed by atoms with Crippen LogP contribution in [0, 0.1) is 6.57 Å². The van der Waals surface area contributed by atoms with E-state index in [1.165, 1.54) is 0 Å². The molecule has 5 heteroatoms. The third-order valence-corrected chi connectivity index (χ3v) is 2.93. The van der Waals surface area contributed by atoms with Gasteiger partial charge in [0.25, 0.3) is 0 Å². The largest absolute Gasteiger partial charge is 0.347 e. The van der Waals surface area contributed by atoms with Crippen molar-refractivity contribution in [2.45, 2.75) is 6.54 Å². The van der Waals surface area contributed by atoms with Crippen molar-refractivity contribution in [1.82, 2.24) is 14.9 Å². The Bertz CT molecular complexity index is 564. The standard InChI is InChI=1S/C14H17N5/c1-16-12-5-3-11(4-6-12)14-13(17-10-18-14)9-19(2)8-7-15/h3-6,10H,7-9,15H2,2H3,(H,17,18). The number of hydrogen-bond acceptors (Lipinski definition) is 3. The highest BCUT2D eigenvalue weighted by Crippen LogP contribution is 2.23. The summed E-state index contributed by atoms with van der Waals surface area (Å²) in [4.78, 5) is 13.1. The maximum absolute atomic E-state index is 6.95. The first-order chi connectivity index (χ1) is 9.24. The van der Waals surface area contributed by atoms with Crippen LogP contribution in [0.5, 0.6) is 0 Å². The van der Waals surface area contributed by atoms with E-state index >= 15 is 0 Å². The molecular formula is C14H17N5. The zero-order valence-electron chi connectivity index (χ0n) is 10.9. The Kier molecular flexibility index (Phi) is 4.29. The summed E-state index contributed by atoms with van der Waals surface area (Å²) in [5, 5.41) is 0. The van der Waals surface area contributed by atoms with E-state index < -0.39 is 0 Å². The van der Waals surface area contributed by atoms with E-state index in [0.717, 1.165) is 30.0 Å². The van der Waals surface area contributed by atoms with Gasteiger partial charge in [0.05, 0.1) is 24.3 Å². The van der Waals surface area contributed by atoms with Crippen molar-refractivity contribution < 1.29 is 0 Å². The van der Waals surface area contributed by atoms with Crippen LogP contribution in [0.15, 0.2) is 30.6 Å². The van der Waals surface area contributed by atoms with E-state index in [9.17, 15) is 0 Å². The molecular weight excluding hydrogens is 238 g/mol. The zero-order valence-corrected chi connectivity index (χ0v) is 10.9. The molecule has 2 rings (SSSR count). The topological polar surface area (TPSA) is 62.3 Å². The molecule has 0 aliphatic rings. The van der Waals surface area contributed by atoms with Gasteiger partial charge in [-0.1, -0.05) is 24.3 Å². The van der Waals surface area contributed by atoms with Crippen LogP contribution in [-0.4, -0.2) is 35.0 Å². The first-order valence-corrected chi connectivity index (χ1v) is 6.13. The monoisotopic (exact) mass is 255 g/mol. The van der Waals surface area contributed by atoms with Gasteiger partial charge in [0.2, 0.25) is 0 Å². The highest BCUT2D eigenvalue weighted by molar-refractivity contribution is 5.64. The summed E-state index contributed by atoms with van der Waals surface area (Å²) in [7, 11) is 2.03. The summed E-state index contributed by atoms with van der Waals surface area (Å²) in [6.45, 7) is 9.21. The Hall–Kier alpha value is -2.16. The van der Waals surface area contributed by atoms with E-state index in [0.29, 0.717) is 12.2 Å². The molecule has 0 atom stereocenters. The first-order valence-electron chi connectivity index (χ1n) is 6.13. The molecule has 0 bridgehead atoms. The van der Waals surface area contributed by atoms with Crippen LogP contribution < -0.4 is 5.73 Å². The minimum atomic E-state index is 0.639. The van der Waals surface area contributed by atoms with Crippen LogP contribution >= 0.6 is 0 Å². The Morgan fingerprint density at radius 3 is 2.74 bits per heavy atom. The van der Waals surface area contributed by atoms with E-state index in [-0.39, 0.29) is 0 Å². The van der Waals surface area contributed by atoms with Crippen LogP contribution in [0.1, 0.15) is 5.69 Å². The number of hydrogen-bond donors (Lipinski definition) is 2. The zero-order chi connectivity index (χ0) is 13.7. The van der Waals surface area contributed by atoms with Crippen molar-refractivity contribution in [1.29, 1.82) is 0 Å². The van der Waals surface area contributed by atoms with E-state index in [1.807, 2.05) is 31.3 Å². The van der Waals surface area contributed by atoms with Crippen LogP contribution in [0.3, 0.4) is 0 Å². The summed E-state index contributed by atoms with van der Waals surface area (Å²) >= 11 is 0. The van der Waals surface area contributed by atoms with E-state index in [4.69, 9.17) is 12.3 Å². The van der Waals surface area contributed by atoms with Gasteiger partial charge in [0.15, 0.2) is 5.69 Å². The molecule has 2 aromatic rings. The number of imidazole rings is 1. The van der Waals surface area contributed by atoms with Crippen LogP contribution in [-0.2, 0) is 6.54 Å². The molecule has 19 heavy (non-hydrogen) atoms. The minimum absolute atomic E-state index is 0.639.